The average molecular weight is 988 g/mol. The molecular weight excluding hydrogens is 933 g/mol. The standard InChI is InChI=1S/C37H55N7O13S.Sm/c45-29(7-4-3-6-28-36-27(23-58-28)40-37(57)41-36)38-13-5-1-2-8-30(46)39-25-11-9-24(10-12-25)16-26(44(21-34(53)54)22-35(55)56)17-42(18-31(47)48)14-15-43(19-32(49)50)20-33(51)52;/h9-12,26-28,36H,1-8,13-23H2,(H,38,45)(H,39,46)(H,47,48)(H,49,50)(H,51,52)(H,53,54)(H,55,56)(H2,40,41,57);/q;+3. The minimum atomic E-state index is -1.31. The summed E-state index contributed by atoms with van der Waals surface area (Å²) in [6.07, 6.45) is 5.46. The number of anilines is 1. The van der Waals surface area contributed by atoms with Gasteiger partial charge in [0.25, 0.3) is 0 Å². The van der Waals surface area contributed by atoms with Crippen LogP contribution in [0.5, 0.6) is 0 Å². The number of carboxylic acid groups (broad SMARTS) is 5. The molecule has 22 heteroatoms. The van der Waals surface area contributed by atoms with Crippen molar-refractivity contribution in [3.05, 3.63) is 29.8 Å². The van der Waals surface area contributed by atoms with Gasteiger partial charge in [0.1, 0.15) is 0 Å². The summed E-state index contributed by atoms with van der Waals surface area (Å²) >= 11 is 1.85. The number of carboxylic acids is 5. The van der Waals surface area contributed by atoms with Crippen molar-refractivity contribution in [2.45, 2.75) is 81.2 Å². The smallest absolute Gasteiger partial charge is 0.480 e. The fourth-order valence-corrected chi connectivity index (χ4v) is 8.52. The van der Waals surface area contributed by atoms with Gasteiger partial charge in [-0.2, -0.15) is 11.8 Å². The Morgan fingerprint density at radius 1 is 0.712 bits per heavy atom. The first-order valence-electron chi connectivity index (χ1n) is 19.2. The van der Waals surface area contributed by atoms with Gasteiger partial charge in [-0.15, -0.1) is 0 Å². The molecule has 0 aromatic heterocycles. The van der Waals surface area contributed by atoms with Gasteiger partial charge in [0.15, 0.2) is 0 Å². The van der Waals surface area contributed by atoms with E-state index in [-0.39, 0.29) is 103 Å². The van der Waals surface area contributed by atoms with Crippen LogP contribution in [-0.4, -0.2) is 176 Å². The number of rotatable bonds is 30. The van der Waals surface area contributed by atoms with E-state index >= 15 is 0 Å². The second-order valence-corrected chi connectivity index (χ2v) is 15.7. The Morgan fingerprint density at radius 3 is 1.88 bits per heavy atom. The van der Waals surface area contributed by atoms with Crippen LogP contribution < -0.4 is 21.3 Å². The largest absolute Gasteiger partial charge is 3.00 e. The molecule has 325 valence electrons. The second-order valence-electron chi connectivity index (χ2n) is 14.5. The van der Waals surface area contributed by atoms with Gasteiger partial charge in [-0.25, -0.2) is 4.79 Å². The van der Waals surface area contributed by atoms with Crippen molar-refractivity contribution >= 4 is 65.1 Å². The van der Waals surface area contributed by atoms with Crippen molar-refractivity contribution in [2.75, 3.05) is 70.0 Å². The molecule has 4 atom stereocenters. The number of unbranched alkanes of at least 4 members (excludes halogenated alkanes) is 3. The Morgan fingerprint density at radius 2 is 1.27 bits per heavy atom. The van der Waals surface area contributed by atoms with Gasteiger partial charge in [-0.05, 0) is 49.8 Å². The zero-order valence-corrected chi connectivity index (χ0v) is 36.1. The Bertz CT molecular complexity index is 1560. The summed E-state index contributed by atoms with van der Waals surface area (Å²) in [7, 11) is 0. The number of urea groups is 1. The predicted octanol–water partition coefficient (Wildman–Crippen LogP) is 0.268. The molecule has 0 aliphatic carbocycles. The van der Waals surface area contributed by atoms with E-state index in [2.05, 4.69) is 21.3 Å². The summed E-state index contributed by atoms with van der Waals surface area (Å²) < 4.78 is 0. The van der Waals surface area contributed by atoms with Crippen LogP contribution in [0.25, 0.3) is 0 Å². The molecule has 4 unspecified atom stereocenters. The number of carbonyl (C=O) groups is 8. The van der Waals surface area contributed by atoms with E-state index < -0.39 is 68.6 Å². The maximum Gasteiger partial charge on any atom is 3.00 e. The number of amides is 4. The molecule has 2 saturated heterocycles. The number of carbonyl (C=O) groups excluding carboxylic acids is 3. The zero-order valence-electron chi connectivity index (χ0n) is 32.7. The van der Waals surface area contributed by atoms with Gasteiger partial charge in [-0.1, -0.05) is 25.0 Å². The van der Waals surface area contributed by atoms with Gasteiger partial charge in [-0.3, -0.25) is 48.3 Å². The van der Waals surface area contributed by atoms with Crippen molar-refractivity contribution in [3.63, 3.8) is 0 Å². The summed E-state index contributed by atoms with van der Waals surface area (Å²) in [6, 6.07) is 6.00. The Hall–Kier alpha value is -3.65. The molecular formula is C37H55N7O13SSm+3. The number of benzene rings is 1. The van der Waals surface area contributed by atoms with Crippen LogP contribution in [0.15, 0.2) is 24.3 Å². The molecule has 1 aromatic carbocycles. The molecule has 0 spiro atoms. The van der Waals surface area contributed by atoms with Gasteiger partial charge < -0.3 is 46.8 Å². The topological polar surface area (TPSA) is 296 Å². The summed E-state index contributed by atoms with van der Waals surface area (Å²) in [5.41, 5.74) is 1.12. The Kier molecular flexibility index (Phi) is 23.8. The van der Waals surface area contributed by atoms with Crippen molar-refractivity contribution < 1.29 is 104 Å². The molecule has 2 aliphatic rings. The van der Waals surface area contributed by atoms with Gasteiger partial charge >= 0.3 is 76.3 Å². The quantitative estimate of drug-likeness (QED) is 0.0369. The van der Waals surface area contributed by atoms with Crippen LogP contribution in [0.3, 0.4) is 0 Å². The van der Waals surface area contributed by atoms with Crippen LogP contribution in [-0.2, 0) is 40.0 Å². The minimum Gasteiger partial charge on any atom is -0.480 e. The molecule has 59 heavy (non-hydrogen) atoms. The SMILES string of the molecule is O=C(O)CN(CCN(CC(=O)O)CC(Cc1ccc(NC(=O)CCCCCNC(=O)CCCCC2SCC3NC(=O)NC32)cc1)N(CC(=O)O)CC(=O)O)CC(=O)O.[Sm+3]. The molecule has 0 bridgehead atoms. The van der Waals surface area contributed by atoms with Gasteiger partial charge in [0.2, 0.25) is 11.8 Å². The fourth-order valence-electron chi connectivity index (χ4n) is 6.97. The van der Waals surface area contributed by atoms with E-state index in [0.717, 1.165) is 42.8 Å². The fraction of sp³-hybridized carbons (Fsp3) is 0.622. The molecule has 2 heterocycles. The van der Waals surface area contributed by atoms with E-state index in [0.29, 0.717) is 35.9 Å². The second kappa shape index (κ2) is 27.2. The monoisotopic (exact) mass is 989 g/mol. The van der Waals surface area contributed by atoms with E-state index in [1.165, 1.54) is 9.80 Å². The van der Waals surface area contributed by atoms with Crippen LogP contribution in [0, 0.1) is 40.4 Å². The summed E-state index contributed by atoms with van der Waals surface area (Å²) in [5, 5.41) is 59.0. The minimum absolute atomic E-state index is 0. The molecule has 20 nitrogen and oxygen atoms in total. The van der Waals surface area contributed by atoms with Crippen molar-refractivity contribution in [2.24, 2.45) is 0 Å². The molecule has 1 radical (unpaired) electrons. The molecule has 2 fully saturated rings. The first kappa shape index (κ1) is 51.5. The summed E-state index contributed by atoms with van der Waals surface area (Å²) in [5.74, 6) is -5.77. The normalized spacial score (nSPS) is 17.4. The molecule has 3 rings (SSSR count). The molecule has 1 aromatic rings. The van der Waals surface area contributed by atoms with E-state index in [4.69, 9.17) is 0 Å². The van der Waals surface area contributed by atoms with Crippen molar-refractivity contribution in [1.82, 2.24) is 30.7 Å². The zero-order chi connectivity index (χ0) is 42.6. The van der Waals surface area contributed by atoms with Gasteiger partial charge in [0.05, 0.1) is 44.8 Å². The van der Waals surface area contributed by atoms with E-state index in [1.54, 1.807) is 24.3 Å². The number of nitrogens with one attached hydrogen (secondary N) is 4. The summed E-state index contributed by atoms with van der Waals surface area (Å²) in [4.78, 5) is 97.7. The first-order valence-corrected chi connectivity index (χ1v) is 20.2. The number of hydrogen-bond donors (Lipinski definition) is 9. The van der Waals surface area contributed by atoms with Crippen LogP contribution in [0.4, 0.5) is 10.5 Å². The number of fused-ring (bicyclic) bond motifs is 1. The first-order chi connectivity index (χ1) is 27.6. The van der Waals surface area contributed by atoms with Crippen LogP contribution in [0.2, 0.25) is 0 Å². The van der Waals surface area contributed by atoms with Crippen molar-refractivity contribution in [3.8, 4) is 0 Å². The Labute approximate surface area is 378 Å². The third-order valence-electron chi connectivity index (χ3n) is 9.66. The number of nitrogens with zero attached hydrogens (tertiary/aromatic N) is 3. The van der Waals surface area contributed by atoms with E-state index in [1.807, 2.05) is 11.8 Å². The van der Waals surface area contributed by atoms with Crippen LogP contribution >= 0.6 is 11.8 Å². The van der Waals surface area contributed by atoms with Crippen molar-refractivity contribution in [1.29, 1.82) is 0 Å². The maximum absolute atomic E-state index is 12.6. The summed E-state index contributed by atoms with van der Waals surface area (Å²) in [6.45, 7) is -3.04. The molecule has 2 aliphatic heterocycles. The van der Waals surface area contributed by atoms with Crippen LogP contribution in [0.1, 0.15) is 56.9 Å². The molecule has 0 saturated carbocycles. The number of thioether (sulfide) groups is 1. The molecule has 4 amide bonds. The molecule has 9 N–H and O–H groups in total. The third-order valence-corrected chi connectivity index (χ3v) is 11.2. The predicted molar refractivity (Wildman–Crippen MR) is 211 cm³/mol. The third kappa shape index (κ3) is 20.9. The Balaban J connectivity index is 0.0000120. The van der Waals surface area contributed by atoms with E-state index in [9.17, 15) is 63.9 Å². The van der Waals surface area contributed by atoms with Gasteiger partial charge in [0, 0.05) is 61.8 Å². The number of hydrogen-bond acceptors (Lipinski definition) is 12. The number of aliphatic carboxylic acids is 5. The average Bonchev–Trinajstić information content (AvgIpc) is 3.68. The maximum atomic E-state index is 12.6.